The maximum absolute atomic E-state index is 13.7. The Morgan fingerprint density at radius 3 is 2.50 bits per heavy atom. The molecule has 3 N–H and O–H groups in total. The predicted octanol–water partition coefficient (Wildman–Crippen LogP) is 6.32. The Morgan fingerprint density at radius 2 is 1.82 bits per heavy atom. The number of nitrogens with zero attached hydrogens (tertiary/aromatic N) is 2. The van der Waals surface area contributed by atoms with Crippen molar-refractivity contribution in [3.05, 3.63) is 89.0 Å². The second-order valence-corrected chi connectivity index (χ2v) is 10.7. The van der Waals surface area contributed by atoms with Gasteiger partial charge in [-0.25, -0.2) is 4.98 Å². The highest BCUT2D eigenvalue weighted by atomic mass is 16.4. The van der Waals surface area contributed by atoms with E-state index in [9.17, 15) is 14.7 Å². The molecule has 40 heavy (non-hydrogen) atoms. The minimum Gasteiger partial charge on any atom is -0.509 e. The zero-order valence-corrected chi connectivity index (χ0v) is 23.0. The zero-order chi connectivity index (χ0) is 28.1. The first-order valence-corrected chi connectivity index (χ1v) is 14.2. The van der Waals surface area contributed by atoms with E-state index in [2.05, 4.69) is 4.98 Å². The molecule has 7 heteroatoms. The molecule has 1 aliphatic heterocycles. The van der Waals surface area contributed by atoms with E-state index in [1.54, 1.807) is 0 Å². The van der Waals surface area contributed by atoms with Crippen LogP contribution < -0.4 is 10.6 Å². The van der Waals surface area contributed by atoms with Crippen LogP contribution in [0.5, 0.6) is 0 Å². The SMILES string of the molecule is Cc1oc(-c2ccccc2)nc1/C=C/CCC(=O)C1=C(O)C(C=O)N(c2ccc(CN)cc2)C1C1CCCCC1. The van der Waals surface area contributed by atoms with Crippen LogP contribution in [0.1, 0.15) is 62.0 Å². The summed E-state index contributed by atoms with van der Waals surface area (Å²) in [5.74, 6) is 1.23. The molecule has 2 aliphatic rings. The molecule has 2 atom stereocenters. The van der Waals surface area contributed by atoms with Gasteiger partial charge in [-0.1, -0.05) is 55.7 Å². The Labute approximate surface area is 235 Å². The second kappa shape index (κ2) is 12.5. The molecule has 208 valence electrons. The third-order valence-corrected chi connectivity index (χ3v) is 8.11. The van der Waals surface area contributed by atoms with Crippen LogP contribution in [-0.4, -0.2) is 34.2 Å². The van der Waals surface area contributed by atoms with E-state index in [4.69, 9.17) is 10.2 Å². The number of aryl methyl sites for hydroxylation is 1. The van der Waals surface area contributed by atoms with Crippen LogP contribution in [0, 0.1) is 12.8 Å². The first kappa shape index (κ1) is 27.6. The summed E-state index contributed by atoms with van der Waals surface area (Å²) < 4.78 is 5.83. The summed E-state index contributed by atoms with van der Waals surface area (Å²) in [5, 5.41) is 11.3. The van der Waals surface area contributed by atoms with Gasteiger partial charge in [-0.2, -0.15) is 0 Å². The van der Waals surface area contributed by atoms with Crippen molar-refractivity contribution in [2.45, 2.75) is 70.5 Å². The standard InChI is InChI=1S/C33H37N3O4/c1-22-27(35-33(40-22)25-12-6-3-7-13-25)14-8-9-15-29(38)30-31(24-10-4-2-5-11-24)36(28(21-37)32(30)39)26-18-16-23(20-34)17-19-26/h3,6-8,12-14,16-19,21,24,28,31,39H,2,4-5,9-11,15,20,34H2,1H3/b14-8+. The maximum atomic E-state index is 13.7. The summed E-state index contributed by atoms with van der Waals surface area (Å²) in [5.41, 5.74) is 9.61. The van der Waals surface area contributed by atoms with Crippen LogP contribution in [-0.2, 0) is 16.1 Å². The van der Waals surface area contributed by atoms with Gasteiger partial charge in [0, 0.05) is 24.2 Å². The number of anilines is 1. The first-order chi connectivity index (χ1) is 19.5. The number of ketones is 1. The molecule has 2 heterocycles. The fourth-order valence-corrected chi connectivity index (χ4v) is 6.04. The lowest BCUT2D eigenvalue weighted by Crippen LogP contribution is -2.45. The summed E-state index contributed by atoms with van der Waals surface area (Å²) in [6.07, 6.45) is 10.5. The Hall–Kier alpha value is -3.97. The number of nitrogens with two attached hydrogens (primary N) is 1. The Morgan fingerprint density at radius 1 is 1.10 bits per heavy atom. The van der Waals surface area contributed by atoms with Gasteiger partial charge in [0.05, 0.1) is 11.6 Å². The van der Waals surface area contributed by atoms with Gasteiger partial charge in [0.25, 0.3) is 0 Å². The number of hydrogen-bond donors (Lipinski definition) is 2. The van der Waals surface area contributed by atoms with Crippen molar-refractivity contribution in [1.29, 1.82) is 0 Å². The Bertz CT molecular complexity index is 1380. The van der Waals surface area contributed by atoms with E-state index >= 15 is 0 Å². The topological polar surface area (TPSA) is 110 Å². The molecule has 1 aromatic heterocycles. The number of hydrogen-bond acceptors (Lipinski definition) is 7. The lowest BCUT2D eigenvalue weighted by molar-refractivity contribution is -0.116. The van der Waals surface area contributed by atoms with E-state index in [1.165, 1.54) is 6.42 Å². The lowest BCUT2D eigenvalue weighted by atomic mass is 9.79. The highest BCUT2D eigenvalue weighted by Crippen LogP contribution is 2.42. The smallest absolute Gasteiger partial charge is 0.226 e. The fraction of sp³-hybridized carbons (Fsp3) is 0.364. The molecule has 0 spiro atoms. The largest absolute Gasteiger partial charge is 0.509 e. The molecule has 5 rings (SSSR count). The van der Waals surface area contributed by atoms with E-state index in [1.807, 2.05) is 78.6 Å². The number of allylic oxidation sites excluding steroid dienone is 1. The minimum atomic E-state index is -0.876. The number of aldehydes is 1. The summed E-state index contributed by atoms with van der Waals surface area (Å²) >= 11 is 0. The Kier molecular flexibility index (Phi) is 8.60. The van der Waals surface area contributed by atoms with Crippen molar-refractivity contribution in [2.24, 2.45) is 11.7 Å². The van der Waals surface area contributed by atoms with Gasteiger partial charge in [-0.15, -0.1) is 0 Å². The highest BCUT2D eigenvalue weighted by Gasteiger charge is 2.47. The molecule has 0 radical (unpaired) electrons. The van der Waals surface area contributed by atoms with Gasteiger partial charge < -0.3 is 25.0 Å². The molecule has 2 aromatic carbocycles. The minimum absolute atomic E-state index is 0.109. The number of aliphatic hydroxyl groups excluding tert-OH is 1. The molecular formula is C33H37N3O4. The molecule has 0 bridgehead atoms. The summed E-state index contributed by atoms with van der Waals surface area (Å²) in [6.45, 7) is 2.29. The number of Topliss-reactive ketones (excluding diaryl/α,β-unsaturated/α-hetero) is 1. The number of benzene rings is 2. The van der Waals surface area contributed by atoms with Crippen molar-refractivity contribution in [2.75, 3.05) is 4.90 Å². The zero-order valence-electron chi connectivity index (χ0n) is 23.0. The van der Waals surface area contributed by atoms with Crippen LogP contribution in [0.2, 0.25) is 0 Å². The second-order valence-electron chi connectivity index (χ2n) is 10.7. The van der Waals surface area contributed by atoms with Gasteiger partial charge >= 0.3 is 0 Å². The quantitative estimate of drug-likeness (QED) is 0.290. The molecule has 1 saturated carbocycles. The van der Waals surface area contributed by atoms with Crippen LogP contribution in [0.15, 0.2) is 76.4 Å². The summed E-state index contributed by atoms with van der Waals surface area (Å²) in [6, 6.07) is 16.3. The molecule has 1 fully saturated rings. The van der Waals surface area contributed by atoms with Gasteiger partial charge in [-0.3, -0.25) is 4.79 Å². The molecule has 7 nitrogen and oxygen atoms in total. The lowest BCUT2D eigenvalue weighted by Gasteiger charge is -2.38. The number of oxazole rings is 1. The molecule has 0 saturated heterocycles. The molecule has 0 amide bonds. The highest BCUT2D eigenvalue weighted by molar-refractivity contribution is 6.00. The van der Waals surface area contributed by atoms with Gasteiger partial charge in [-0.05, 0) is 68.0 Å². The van der Waals surface area contributed by atoms with Crippen LogP contribution in [0.25, 0.3) is 17.5 Å². The predicted molar refractivity (Wildman–Crippen MR) is 157 cm³/mol. The summed E-state index contributed by atoms with van der Waals surface area (Å²) in [7, 11) is 0. The average Bonchev–Trinajstić information content (AvgIpc) is 3.52. The molecule has 1 aliphatic carbocycles. The van der Waals surface area contributed by atoms with Gasteiger partial charge in [0.15, 0.2) is 5.78 Å². The molecule has 3 aromatic rings. The van der Waals surface area contributed by atoms with Crippen LogP contribution in [0.4, 0.5) is 5.69 Å². The van der Waals surface area contributed by atoms with E-state index in [0.29, 0.717) is 30.2 Å². The Balaban J connectivity index is 1.35. The maximum Gasteiger partial charge on any atom is 0.226 e. The summed E-state index contributed by atoms with van der Waals surface area (Å²) in [4.78, 5) is 32.5. The molecule has 2 unspecified atom stereocenters. The van der Waals surface area contributed by atoms with Crippen molar-refractivity contribution >= 4 is 23.8 Å². The van der Waals surface area contributed by atoms with Crippen molar-refractivity contribution in [3.63, 3.8) is 0 Å². The number of rotatable bonds is 10. The monoisotopic (exact) mass is 539 g/mol. The van der Waals surface area contributed by atoms with Crippen LogP contribution in [0.3, 0.4) is 0 Å². The number of aliphatic hydroxyl groups is 1. The van der Waals surface area contributed by atoms with E-state index < -0.39 is 6.04 Å². The van der Waals surface area contributed by atoms with Gasteiger partial charge in [0.2, 0.25) is 5.89 Å². The van der Waals surface area contributed by atoms with E-state index in [-0.39, 0.29) is 29.9 Å². The van der Waals surface area contributed by atoms with Gasteiger partial charge in [0.1, 0.15) is 29.5 Å². The number of carbonyl (C=O) groups excluding carboxylic acids is 2. The number of aromatic nitrogens is 1. The number of carbonyl (C=O) groups is 2. The van der Waals surface area contributed by atoms with Crippen molar-refractivity contribution in [3.8, 4) is 11.5 Å². The fourth-order valence-electron chi connectivity index (χ4n) is 6.04. The van der Waals surface area contributed by atoms with Crippen molar-refractivity contribution < 1.29 is 19.1 Å². The first-order valence-electron chi connectivity index (χ1n) is 14.2. The molecular weight excluding hydrogens is 502 g/mol. The van der Waals surface area contributed by atoms with E-state index in [0.717, 1.165) is 54.5 Å². The van der Waals surface area contributed by atoms with Crippen molar-refractivity contribution in [1.82, 2.24) is 4.98 Å². The average molecular weight is 540 g/mol. The normalized spacial score (nSPS) is 20.0. The van der Waals surface area contributed by atoms with Crippen LogP contribution >= 0.6 is 0 Å². The third-order valence-electron chi connectivity index (χ3n) is 8.11. The third kappa shape index (κ3) is 5.65.